The first-order valence-electron chi connectivity index (χ1n) is 3.69. The molecule has 0 fully saturated rings. The fraction of sp³-hybridized carbons (Fsp3) is 0.125. The van der Waals surface area contributed by atoms with E-state index in [1.807, 2.05) is 0 Å². The molecule has 1 heterocycles. The lowest BCUT2D eigenvalue weighted by molar-refractivity contribution is -0.141. The van der Waals surface area contributed by atoms with Crippen LogP contribution in [0.25, 0.3) is 0 Å². The summed E-state index contributed by atoms with van der Waals surface area (Å²) >= 11 is 0. The van der Waals surface area contributed by atoms with Crippen LogP contribution in [0.1, 0.15) is 5.69 Å². The standard InChI is InChI=1S/C8H6F3NO2S/c1-2-15(13,14)7-5-3-4-6(12-7)8(9,10)11/h2-5H,1H2. The van der Waals surface area contributed by atoms with Crippen LogP contribution in [0.5, 0.6) is 0 Å². The lowest BCUT2D eigenvalue weighted by Gasteiger charge is -2.06. The number of alkyl halides is 3. The number of rotatable bonds is 2. The maximum atomic E-state index is 12.2. The fourth-order valence-electron chi connectivity index (χ4n) is 0.817. The summed E-state index contributed by atoms with van der Waals surface area (Å²) in [7, 11) is -3.93. The van der Waals surface area contributed by atoms with Gasteiger partial charge in [-0.15, -0.1) is 0 Å². The molecule has 0 aliphatic carbocycles. The number of pyridine rings is 1. The number of aromatic nitrogens is 1. The molecule has 0 saturated heterocycles. The number of hydrogen-bond acceptors (Lipinski definition) is 3. The summed E-state index contributed by atoms with van der Waals surface area (Å²) in [6, 6.07) is 2.65. The molecular weight excluding hydrogens is 231 g/mol. The van der Waals surface area contributed by atoms with Crippen molar-refractivity contribution in [2.45, 2.75) is 11.2 Å². The molecule has 0 bridgehead atoms. The second-order valence-electron chi connectivity index (χ2n) is 2.57. The monoisotopic (exact) mass is 237 g/mol. The van der Waals surface area contributed by atoms with Crippen molar-refractivity contribution >= 4 is 9.84 Å². The Labute approximate surface area is 84.2 Å². The Morgan fingerprint density at radius 2 is 1.93 bits per heavy atom. The van der Waals surface area contributed by atoms with E-state index in [4.69, 9.17) is 0 Å². The molecule has 3 nitrogen and oxygen atoms in total. The van der Waals surface area contributed by atoms with E-state index in [0.29, 0.717) is 11.5 Å². The summed E-state index contributed by atoms with van der Waals surface area (Å²) in [5.41, 5.74) is -1.24. The van der Waals surface area contributed by atoms with E-state index in [1.54, 1.807) is 0 Å². The zero-order chi connectivity index (χ0) is 11.7. The summed E-state index contributed by atoms with van der Waals surface area (Å²) < 4.78 is 58.8. The third-order valence-electron chi connectivity index (χ3n) is 1.52. The molecule has 1 aromatic heterocycles. The molecule has 0 aliphatic heterocycles. The topological polar surface area (TPSA) is 47.0 Å². The van der Waals surface area contributed by atoms with Crippen LogP contribution in [0, 0.1) is 0 Å². The van der Waals surface area contributed by atoms with Gasteiger partial charge in [0.2, 0.25) is 9.84 Å². The van der Waals surface area contributed by atoms with Gasteiger partial charge in [0.05, 0.1) is 0 Å². The quantitative estimate of drug-likeness (QED) is 0.790. The molecule has 0 spiro atoms. The van der Waals surface area contributed by atoms with Crippen LogP contribution < -0.4 is 0 Å². The van der Waals surface area contributed by atoms with Crippen LogP contribution in [0.4, 0.5) is 13.2 Å². The fourth-order valence-corrected chi connectivity index (χ4v) is 1.48. The van der Waals surface area contributed by atoms with Gasteiger partial charge < -0.3 is 0 Å². The number of halogens is 3. The molecule has 0 atom stereocenters. The number of sulfone groups is 1. The van der Waals surface area contributed by atoms with Gasteiger partial charge in [-0.1, -0.05) is 12.6 Å². The molecule has 1 rings (SSSR count). The van der Waals surface area contributed by atoms with Gasteiger partial charge in [0.25, 0.3) is 0 Å². The molecule has 15 heavy (non-hydrogen) atoms. The predicted octanol–water partition coefficient (Wildman–Crippen LogP) is 2.02. The summed E-state index contributed by atoms with van der Waals surface area (Å²) in [6.45, 7) is 2.99. The van der Waals surface area contributed by atoms with Gasteiger partial charge in [-0.3, -0.25) is 0 Å². The molecule has 1 aromatic rings. The molecule has 7 heteroatoms. The summed E-state index contributed by atoms with van der Waals surface area (Å²) in [6.07, 6.45) is -4.66. The van der Waals surface area contributed by atoms with Crippen LogP contribution in [0.2, 0.25) is 0 Å². The first kappa shape index (κ1) is 11.7. The van der Waals surface area contributed by atoms with Crippen molar-refractivity contribution in [3.8, 4) is 0 Å². The van der Waals surface area contributed by atoms with Crippen LogP contribution >= 0.6 is 0 Å². The molecule has 82 valence electrons. The highest BCUT2D eigenvalue weighted by Gasteiger charge is 2.33. The van der Waals surface area contributed by atoms with E-state index < -0.39 is 26.7 Å². The summed E-state index contributed by atoms with van der Waals surface area (Å²) in [5.74, 6) is 0. The molecule has 0 saturated carbocycles. The Morgan fingerprint density at radius 1 is 1.33 bits per heavy atom. The van der Waals surface area contributed by atoms with Gasteiger partial charge in [-0.05, 0) is 12.1 Å². The van der Waals surface area contributed by atoms with Crippen molar-refractivity contribution in [1.29, 1.82) is 0 Å². The van der Waals surface area contributed by atoms with Crippen molar-refractivity contribution in [2.75, 3.05) is 0 Å². The Bertz CT molecular complexity index is 479. The van der Waals surface area contributed by atoms with Crippen molar-refractivity contribution in [3.05, 3.63) is 35.9 Å². The van der Waals surface area contributed by atoms with Crippen LogP contribution in [0.15, 0.2) is 35.2 Å². The average Bonchev–Trinajstić information content (AvgIpc) is 2.17. The van der Waals surface area contributed by atoms with Crippen LogP contribution in [-0.4, -0.2) is 13.4 Å². The largest absolute Gasteiger partial charge is 0.433 e. The minimum Gasteiger partial charge on any atom is -0.231 e. The lowest BCUT2D eigenvalue weighted by Crippen LogP contribution is -2.10. The Hall–Kier alpha value is -1.37. The van der Waals surface area contributed by atoms with E-state index >= 15 is 0 Å². The van der Waals surface area contributed by atoms with Gasteiger partial charge in [0.1, 0.15) is 5.69 Å². The molecule has 0 unspecified atom stereocenters. The average molecular weight is 237 g/mol. The molecule has 0 N–H and O–H groups in total. The van der Waals surface area contributed by atoms with E-state index in [1.165, 1.54) is 0 Å². The first-order valence-corrected chi connectivity index (χ1v) is 5.24. The Kier molecular flexibility index (Phi) is 2.85. The van der Waals surface area contributed by atoms with Crippen molar-refractivity contribution in [2.24, 2.45) is 0 Å². The van der Waals surface area contributed by atoms with Gasteiger partial charge >= 0.3 is 6.18 Å². The summed E-state index contributed by atoms with van der Waals surface area (Å²) in [4.78, 5) is 3.00. The molecule has 0 amide bonds. The highest BCUT2D eigenvalue weighted by molar-refractivity contribution is 7.94. The highest BCUT2D eigenvalue weighted by atomic mass is 32.2. The van der Waals surface area contributed by atoms with Crippen molar-refractivity contribution in [3.63, 3.8) is 0 Å². The Balaban J connectivity index is 3.33. The van der Waals surface area contributed by atoms with Gasteiger partial charge in [-0.25, -0.2) is 13.4 Å². The van der Waals surface area contributed by atoms with Gasteiger partial charge in [0, 0.05) is 5.41 Å². The molecule has 0 aromatic carbocycles. The minimum atomic E-state index is -4.66. The third-order valence-corrected chi connectivity index (χ3v) is 2.77. The van der Waals surface area contributed by atoms with E-state index in [9.17, 15) is 21.6 Å². The highest BCUT2D eigenvalue weighted by Crippen LogP contribution is 2.28. The second-order valence-corrected chi connectivity index (χ2v) is 4.41. The number of nitrogens with zero attached hydrogens (tertiary/aromatic N) is 1. The van der Waals surface area contributed by atoms with Gasteiger partial charge in [0.15, 0.2) is 5.03 Å². The Morgan fingerprint density at radius 3 is 2.40 bits per heavy atom. The second kappa shape index (κ2) is 3.65. The maximum Gasteiger partial charge on any atom is 0.433 e. The zero-order valence-corrected chi connectivity index (χ0v) is 8.14. The third kappa shape index (κ3) is 2.56. The smallest absolute Gasteiger partial charge is 0.231 e. The number of hydrogen-bond donors (Lipinski definition) is 0. The molecule has 0 aliphatic rings. The van der Waals surface area contributed by atoms with Crippen LogP contribution in [-0.2, 0) is 16.0 Å². The van der Waals surface area contributed by atoms with E-state index in [0.717, 1.165) is 12.1 Å². The van der Waals surface area contributed by atoms with Crippen molar-refractivity contribution < 1.29 is 21.6 Å². The van der Waals surface area contributed by atoms with Gasteiger partial charge in [-0.2, -0.15) is 13.2 Å². The predicted molar refractivity (Wildman–Crippen MR) is 46.6 cm³/mol. The van der Waals surface area contributed by atoms with E-state index in [2.05, 4.69) is 11.6 Å². The molecular formula is C8H6F3NO2S. The van der Waals surface area contributed by atoms with Crippen LogP contribution in [0.3, 0.4) is 0 Å². The first-order chi connectivity index (χ1) is 6.77. The normalized spacial score (nSPS) is 12.5. The SMILES string of the molecule is C=CS(=O)(=O)c1cccc(C(F)(F)F)n1. The zero-order valence-electron chi connectivity index (χ0n) is 7.32. The van der Waals surface area contributed by atoms with Crippen molar-refractivity contribution in [1.82, 2.24) is 4.98 Å². The summed E-state index contributed by atoms with van der Waals surface area (Å²) in [5, 5.41) is -0.109. The van der Waals surface area contributed by atoms with E-state index in [-0.39, 0.29) is 0 Å². The minimum absolute atomic E-state index is 0.551. The maximum absolute atomic E-state index is 12.2. The lowest BCUT2D eigenvalue weighted by atomic mass is 10.3. The molecule has 0 radical (unpaired) electrons.